The van der Waals surface area contributed by atoms with Crippen LogP contribution in [0.1, 0.15) is 31.9 Å². The predicted octanol–water partition coefficient (Wildman–Crippen LogP) is 3.17. The van der Waals surface area contributed by atoms with E-state index in [0.717, 1.165) is 5.56 Å². The summed E-state index contributed by atoms with van der Waals surface area (Å²) < 4.78 is 0. The van der Waals surface area contributed by atoms with Crippen LogP contribution < -0.4 is 0 Å². The first kappa shape index (κ1) is 8.32. The Morgan fingerprint density at radius 3 is 2.18 bits per heavy atom. The molecule has 1 aromatic carbocycles. The molecule has 0 saturated carbocycles. The van der Waals surface area contributed by atoms with E-state index in [1.165, 1.54) is 5.56 Å². The van der Waals surface area contributed by atoms with Crippen molar-refractivity contribution in [3.8, 4) is 0 Å². The van der Waals surface area contributed by atoms with Crippen molar-refractivity contribution in [2.45, 2.75) is 26.2 Å². The van der Waals surface area contributed by atoms with E-state index in [0.29, 0.717) is 0 Å². The van der Waals surface area contributed by atoms with Crippen LogP contribution in [0.5, 0.6) is 0 Å². The zero-order valence-electron chi connectivity index (χ0n) is 7.52. The molecule has 0 N–H and O–H groups in total. The third-order valence-corrected chi connectivity index (χ3v) is 1.79. The van der Waals surface area contributed by atoms with Crippen molar-refractivity contribution >= 4 is 0 Å². The Balaban J connectivity index is 3.06. The van der Waals surface area contributed by atoms with E-state index in [2.05, 4.69) is 45.9 Å². The van der Waals surface area contributed by atoms with Crippen LogP contribution in [0.15, 0.2) is 24.3 Å². The third kappa shape index (κ3) is 2.07. The summed E-state index contributed by atoms with van der Waals surface area (Å²) in [6, 6.07) is 8.37. The number of rotatable bonds is 0. The van der Waals surface area contributed by atoms with Crippen molar-refractivity contribution in [3.05, 3.63) is 42.3 Å². The Morgan fingerprint density at radius 2 is 1.82 bits per heavy atom. The van der Waals surface area contributed by atoms with Crippen molar-refractivity contribution in [2.75, 3.05) is 0 Å². The topological polar surface area (TPSA) is 0 Å². The molecule has 59 valence electrons. The van der Waals surface area contributed by atoms with E-state index in [1.807, 2.05) is 6.07 Å². The standard InChI is InChI=1S/C11H15/c1-9-6-5-7-10(8-9)11(2,3)4/h5-8H,1H2,2-4H3. The lowest BCUT2D eigenvalue weighted by molar-refractivity contribution is 0.590. The van der Waals surface area contributed by atoms with Crippen LogP contribution in [0.2, 0.25) is 0 Å². The van der Waals surface area contributed by atoms with Crippen LogP contribution in [0.25, 0.3) is 0 Å². The smallest absolute Gasteiger partial charge is 0.0132 e. The summed E-state index contributed by atoms with van der Waals surface area (Å²) in [7, 11) is 0. The van der Waals surface area contributed by atoms with Gasteiger partial charge in [0.25, 0.3) is 0 Å². The second-order valence-electron chi connectivity index (χ2n) is 3.95. The first-order valence-corrected chi connectivity index (χ1v) is 3.92. The summed E-state index contributed by atoms with van der Waals surface area (Å²) >= 11 is 0. The zero-order valence-corrected chi connectivity index (χ0v) is 7.52. The Morgan fingerprint density at radius 1 is 1.18 bits per heavy atom. The fourth-order valence-electron chi connectivity index (χ4n) is 1.04. The van der Waals surface area contributed by atoms with Gasteiger partial charge in [-0.15, -0.1) is 0 Å². The Kier molecular flexibility index (Phi) is 2.03. The van der Waals surface area contributed by atoms with E-state index < -0.39 is 0 Å². The van der Waals surface area contributed by atoms with Gasteiger partial charge in [0.15, 0.2) is 0 Å². The minimum atomic E-state index is 0.244. The molecule has 0 amide bonds. The molecule has 0 heteroatoms. The monoisotopic (exact) mass is 147 g/mol. The van der Waals surface area contributed by atoms with Crippen molar-refractivity contribution in [1.82, 2.24) is 0 Å². The van der Waals surface area contributed by atoms with Crippen LogP contribution in [-0.2, 0) is 5.41 Å². The second kappa shape index (κ2) is 2.69. The minimum absolute atomic E-state index is 0.244. The van der Waals surface area contributed by atoms with Gasteiger partial charge in [0.2, 0.25) is 0 Å². The fraction of sp³-hybridized carbons (Fsp3) is 0.364. The normalized spacial score (nSPS) is 11.6. The Labute approximate surface area is 69.3 Å². The molecule has 0 aliphatic rings. The summed E-state index contributed by atoms with van der Waals surface area (Å²) in [6.07, 6.45) is 0. The van der Waals surface area contributed by atoms with Crippen molar-refractivity contribution in [1.29, 1.82) is 0 Å². The molecule has 0 aromatic heterocycles. The third-order valence-electron chi connectivity index (χ3n) is 1.79. The van der Waals surface area contributed by atoms with E-state index >= 15 is 0 Å². The molecule has 0 bridgehead atoms. The van der Waals surface area contributed by atoms with Gasteiger partial charge in [0, 0.05) is 0 Å². The van der Waals surface area contributed by atoms with Gasteiger partial charge in [-0.1, -0.05) is 45.0 Å². The van der Waals surface area contributed by atoms with Crippen LogP contribution in [0, 0.1) is 6.92 Å². The lowest BCUT2D eigenvalue weighted by Crippen LogP contribution is -2.10. The highest BCUT2D eigenvalue weighted by Gasteiger charge is 2.12. The maximum atomic E-state index is 3.89. The van der Waals surface area contributed by atoms with E-state index in [4.69, 9.17) is 0 Å². The summed E-state index contributed by atoms with van der Waals surface area (Å²) in [5, 5.41) is 0. The van der Waals surface area contributed by atoms with Gasteiger partial charge in [-0.3, -0.25) is 0 Å². The van der Waals surface area contributed by atoms with Gasteiger partial charge >= 0.3 is 0 Å². The molecule has 0 unspecified atom stereocenters. The highest BCUT2D eigenvalue weighted by molar-refractivity contribution is 5.29. The molecular weight excluding hydrogens is 132 g/mol. The van der Waals surface area contributed by atoms with Crippen LogP contribution >= 0.6 is 0 Å². The Bertz CT molecular complexity index is 240. The van der Waals surface area contributed by atoms with E-state index in [9.17, 15) is 0 Å². The zero-order chi connectivity index (χ0) is 8.48. The molecule has 0 aliphatic carbocycles. The van der Waals surface area contributed by atoms with Crippen LogP contribution in [-0.4, -0.2) is 0 Å². The molecule has 11 heavy (non-hydrogen) atoms. The van der Waals surface area contributed by atoms with Gasteiger partial charge in [-0.2, -0.15) is 0 Å². The molecule has 0 saturated heterocycles. The average Bonchev–Trinajstić information content (AvgIpc) is 1.86. The lowest BCUT2D eigenvalue weighted by Gasteiger charge is -2.19. The highest BCUT2D eigenvalue weighted by atomic mass is 14.2. The molecule has 1 rings (SSSR count). The average molecular weight is 147 g/mol. The van der Waals surface area contributed by atoms with Gasteiger partial charge in [-0.25, -0.2) is 0 Å². The summed E-state index contributed by atoms with van der Waals surface area (Å²) in [4.78, 5) is 0. The maximum absolute atomic E-state index is 3.89. The maximum Gasteiger partial charge on any atom is -0.0132 e. The van der Waals surface area contributed by atoms with Gasteiger partial charge in [-0.05, 0) is 23.5 Å². The summed E-state index contributed by atoms with van der Waals surface area (Å²) in [6.45, 7) is 10.5. The fourth-order valence-corrected chi connectivity index (χ4v) is 1.04. The minimum Gasteiger partial charge on any atom is -0.0617 e. The van der Waals surface area contributed by atoms with Crippen molar-refractivity contribution in [2.24, 2.45) is 0 Å². The van der Waals surface area contributed by atoms with Crippen molar-refractivity contribution < 1.29 is 0 Å². The van der Waals surface area contributed by atoms with E-state index in [-0.39, 0.29) is 5.41 Å². The molecule has 1 radical (unpaired) electrons. The first-order chi connectivity index (χ1) is 5.00. The van der Waals surface area contributed by atoms with Crippen LogP contribution in [0.4, 0.5) is 0 Å². The first-order valence-electron chi connectivity index (χ1n) is 3.92. The number of benzene rings is 1. The molecule has 0 nitrogen and oxygen atoms in total. The van der Waals surface area contributed by atoms with Crippen molar-refractivity contribution in [3.63, 3.8) is 0 Å². The largest absolute Gasteiger partial charge is 0.0617 e. The second-order valence-corrected chi connectivity index (χ2v) is 3.95. The summed E-state index contributed by atoms with van der Waals surface area (Å²) in [5.74, 6) is 0. The molecule has 0 heterocycles. The highest BCUT2D eigenvalue weighted by Crippen LogP contribution is 2.22. The Hall–Kier alpha value is -0.780. The summed E-state index contributed by atoms with van der Waals surface area (Å²) in [5.41, 5.74) is 2.69. The number of hydrogen-bond donors (Lipinski definition) is 0. The molecule has 0 spiro atoms. The van der Waals surface area contributed by atoms with Gasteiger partial charge in [0.1, 0.15) is 0 Å². The SMILES string of the molecule is [CH2]c1cccc(C(C)(C)C)c1. The quantitative estimate of drug-likeness (QED) is 0.528. The molecular formula is C11H15. The van der Waals surface area contributed by atoms with Gasteiger partial charge in [0.05, 0.1) is 0 Å². The van der Waals surface area contributed by atoms with Crippen LogP contribution in [0.3, 0.4) is 0 Å². The molecule has 0 fully saturated rings. The molecule has 0 atom stereocenters. The molecule has 1 aromatic rings. The van der Waals surface area contributed by atoms with E-state index in [1.54, 1.807) is 0 Å². The van der Waals surface area contributed by atoms with Gasteiger partial charge < -0.3 is 0 Å². The predicted molar refractivity (Wildman–Crippen MR) is 49.6 cm³/mol. The lowest BCUT2D eigenvalue weighted by atomic mass is 9.86. The number of hydrogen-bond acceptors (Lipinski definition) is 0. The molecule has 0 aliphatic heterocycles.